The number of aromatic nitrogens is 1. The van der Waals surface area contributed by atoms with Gasteiger partial charge in [-0.3, -0.25) is 4.79 Å². The molecular weight excluding hydrogens is 262 g/mol. The second kappa shape index (κ2) is 3.70. The van der Waals surface area contributed by atoms with Gasteiger partial charge < -0.3 is 4.52 Å². The number of rotatable bonds is 0. The van der Waals surface area contributed by atoms with Gasteiger partial charge in [0, 0.05) is 27.8 Å². The first-order valence-corrected chi connectivity index (χ1v) is 7.08. The number of ketones is 1. The first kappa shape index (κ1) is 11.0. The molecule has 21 heavy (non-hydrogen) atoms. The molecule has 100 valence electrons. The van der Waals surface area contributed by atoms with E-state index in [1.165, 1.54) is 5.56 Å². The fourth-order valence-electron chi connectivity index (χ4n) is 3.54. The summed E-state index contributed by atoms with van der Waals surface area (Å²) in [6.07, 6.45) is 3.70. The van der Waals surface area contributed by atoms with E-state index in [-0.39, 0.29) is 5.78 Å². The minimum absolute atomic E-state index is 0.107. The average molecular weight is 273 g/mol. The molecule has 0 atom stereocenters. The Morgan fingerprint density at radius 3 is 2.57 bits per heavy atom. The van der Waals surface area contributed by atoms with Crippen LogP contribution >= 0.6 is 0 Å². The first-order valence-electron chi connectivity index (χ1n) is 7.08. The molecule has 0 saturated heterocycles. The number of carbonyl (C=O) groups is 1. The van der Waals surface area contributed by atoms with Gasteiger partial charge in [-0.15, -0.1) is 0 Å². The van der Waals surface area contributed by atoms with Crippen LogP contribution in [0.3, 0.4) is 0 Å². The van der Waals surface area contributed by atoms with Gasteiger partial charge in [0.05, 0.1) is 6.20 Å². The van der Waals surface area contributed by atoms with Gasteiger partial charge in [0.2, 0.25) is 0 Å². The molecule has 1 aromatic heterocycles. The fourth-order valence-corrected chi connectivity index (χ4v) is 3.54. The molecule has 0 bridgehead atoms. The van der Waals surface area contributed by atoms with Crippen LogP contribution in [-0.4, -0.2) is 10.9 Å². The van der Waals surface area contributed by atoms with Gasteiger partial charge in [0.15, 0.2) is 11.5 Å². The highest BCUT2D eigenvalue weighted by molar-refractivity contribution is 6.23. The van der Waals surface area contributed by atoms with Crippen molar-refractivity contribution in [3.05, 3.63) is 64.8 Å². The number of aryl methyl sites for hydroxylation is 2. The molecule has 0 spiro atoms. The molecular formula is C18H11NO2. The van der Waals surface area contributed by atoms with Gasteiger partial charge in [-0.2, -0.15) is 0 Å². The van der Waals surface area contributed by atoms with Crippen molar-refractivity contribution >= 4 is 5.78 Å². The maximum atomic E-state index is 12.6. The smallest absolute Gasteiger partial charge is 0.194 e. The molecule has 3 nitrogen and oxygen atoms in total. The lowest BCUT2D eigenvalue weighted by molar-refractivity contribution is 0.104. The Morgan fingerprint density at radius 2 is 1.67 bits per heavy atom. The van der Waals surface area contributed by atoms with Crippen LogP contribution in [0.15, 0.2) is 47.1 Å². The van der Waals surface area contributed by atoms with Gasteiger partial charge in [-0.25, -0.2) is 0 Å². The van der Waals surface area contributed by atoms with Gasteiger partial charge in [-0.05, 0) is 24.0 Å². The Hall–Kier alpha value is -2.68. The molecule has 2 aliphatic rings. The summed E-state index contributed by atoms with van der Waals surface area (Å²) in [4.78, 5) is 12.6. The molecule has 0 radical (unpaired) electrons. The van der Waals surface area contributed by atoms with Crippen molar-refractivity contribution in [2.45, 2.75) is 12.8 Å². The average Bonchev–Trinajstić information content (AvgIpc) is 3.11. The van der Waals surface area contributed by atoms with Crippen LogP contribution in [0.4, 0.5) is 0 Å². The van der Waals surface area contributed by atoms with Gasteiger partial charge in [0.1, 0.15) is 0 Å². The zero-order valence-electron chi connectivity index (χ0n) is 11.2. The van der Waals surface area contributed by atoms with Crippen molar-refractivity contribution in [2.75, 3.05) is 0 Å². The van der Waals surface area contributed by atoms with E-state index < -0.39 is 0 Å². The third-order valence-corrected chi connectivity index (χ3v) is 4.51. The summed E-state index contributed by atoms with van der Waals surface area (Å²) in [6, 6.07) is 11.8. The molecule has 2 aliphatic carbocycles. The lowest BCUT2D eigenvalue weighted by Gasteiger charge is -2.17. The third kappa shape index (κ3) is 1.28. The van der Waals surface area contributed by atoms with E-state index in [0.717, 1.165) is 52.0 Å². The molecule has 0 aliphatic heterocycles. The number of hydrogen-bond acceptors (Lipinski definition) is 3. The van der Waals surface area contributed by atoms with Crippen LogP contribution in [0.5, 0.6) is 0 Å². The van der Waals surface area contributed by atoms with Crippen LogP contribution in [0.25, 0.3) is 22.5 Å². The predicted molar refractivity (Wildman–Crippen MR) is 78.2 cm³/mol. The number of carbonyl (C=O) groups excluding carboxylic acids is 1. The number of fused-ring (bicyclic) bond motifs is 7. The van der Waals surface area contributed by atoms with Gasteiger partial charge in [0.25, 0.3) is 0 Å². The van der Waals surface area contributed by atoms with Crippen molar-refractivity contribution in [1.82, 2.24) is 5.16 Å². The predicted octanol–water partition coefficient (Wildman–Crippen LogP) is 3.65. The first-order chi connectivity index (χ1) is 10.3. The summed E-state index contributed by atoms with van der Waals surface area (Å²) in [5.74, 6) is 0.938. The summed E-state index contributed by atoms with van der Waals surface area (Å²) in [5, 5.41) is 3.94. The highest BCUT2D eigenvalue weighted by Gasteiger charge is 2.33. The Bertz CT molecular complexity index is 921. The quantitative estimate of drug-likeness (QED) is 0.491. The van der Waals surface area contributed by atoms with E-state index in [4.69, 9.17) is 4.52 Å². The zero-order valence-corrected chi connectivity index (χ0v) is 11.2. The van der Waals surface area contributed by atoms with Crippen LogP contribution < -0.4 is 0 Å². The summed E-state index contributed by atoms with van der Waals surface area (Å²) >= 11 is 0. The third-order valence-electron chi connectivity index (χ3n) is 4.51. The molecule has 1 heterocycles. The highest BCUT2D eigenvalue weighted by atomic mass is 16.5. The summed E-state index contributed by atoms with van der Waals surface area (Å²) < 4.78 is 5.50. The molecule has 0 amide bonds. The van der Waals surface area contributed by atoms with Crippen molar-refractivity contribution < 1.29 is 9.32 Å². The molecule has 3 aromatic rings. The van der Waals surface area contributed by atoms with Crippen LogP contribution in [0.1, 0.15) is 27.0 Å². The minimum atomic E-state index is 0.107. The van der Waals surface area contributed by atoms with Crippen molar-refractivity contribution in [3.63, 3.8) is 0 Å². The topological polar surface area (TPSA) is 43.1 Å². The Labute approximate surface area is 121 Å². The molecule has 3 heteroatoms. The van der Waals surface area contributed by atoms with Gasteiger partial charge >= 0.3 is 0 Å². The van der Waals surface area contributed by atoms with Gasteiger partial charge in [-0.1, -0.05) is 41.6 Å². The lowest BCUT2D eigenvalue weighted by Crippen LogP contribution is -2.04. The fraction of sp³-hybridized carbons (Fsp3) is 0.111. The number of nitrogens with zero attached hydrogens (tertiary/aromatic N) is 1. The second-order valence-corrected chi connectivity index (χ2v) is 5.58. The maximum absolute atomic E-state index is 12.6. The monoisotopic (exact) mass is 273 g/mol. The largest absolute Gasteiger partial charge is 0.356 e. The van der Waals surface area contributed by atoms with Crippen LogP contribution in [0.2, 0.25) is 0 Å². The second-order valence-electron chi connectivity index (χ2n) is 5.58. The summed E-state index contributed by atoms with van der Waals surface area (Å²) in [6.45, 7) is 0. The Balaban J connectivity index is 1.94. The van der Waals surface area contributed by atoms with Crippen molar-refractivity contribution in [3.8, 4) is 22.5 Å². The Kier molecular flexibility index (Phi) is 1.94. The zero-order chi connectivity index (χ0) is 14.0. The molecule has 0 unspecified atom stereocenters. The highest BCUT2D eigenvalue weighted by Crippen LogP contribution is 2.47. The van der Waals surface area contributed by atoms with E-state index in [1.807, 2.05) is 30.3 Å². The number of benzene rings is 2. The van der Waals surface area contributed by atoms with E-state index in [1.54, 1.807) is 6.20 Å². The standard InChI is InChI=1S/C18H11NO2/c20-17-13-4-2-1-3-12(13)16-14(17)8-7-10-5-6-11-9-19-21-18(11)15(10)16/h1-4,7-9H,5-6H2. The van der Waals surface area contributed by atoms with E-state index in [9.17, 15) is 4.79 Å². The van der Waals surface area contributed by atoms with Crippen LogP contribution in [0, 0.1) is 0 Å². The maximum Gasteiger partial charge on any atom is 0.194 e. The van der Waals surface area contributed by atoms with Crippen molar-refractivity contribution in [2.24, 2.45) is 0 Å². The minimum Gasteiger partial charge on any atom is -0.356 e. The van der Waals surface area contributed by atoms with E-state index in [2.05, 4.69) is 11.2 Å². The number of hydrogen-bond donors (Lipinski definition) is 0. The molecule has 2 aromatic carbocycles. The molecule has 0 saturated carbocycles. The SMILES string of the molecule is O=C1c2ccccc2-c2c1ccc1c2-c2oncc2CC1. The molecule has 0 fully saturated rings. The summed E-state index contributed by atoms with van der Waals surface area (Å²) in [7, 11) is 0. The molecule has 0 N–H and O–H groups in total. The normalized spacial score (nSPS) is 14.4. The summed E-state index contributed by atoms with van der Waals surface area (Å²) in [5.41, 5.74) is 7.02. The molecule has 5 rings (SSSR count). The van der Waals surface area contributed by atoms with E-state index >= 15 is 0 Å². The lowest BCUT2D eigenvalue weighted by atomic mass is 9.85. The van der Waals surface area contributed by atoms with Crippen molar-refractivity contribution in [1.29, 1.82) is 0 Å². The van der Waals surface area contributed by atoms with Crippen LogP contribution in [-0.2, 0) is 12.8 Å². The van der Waals surface area contributed by atoms with E-state index in [0.29, 0.717) is 0 Å². The Morgan fingerprint density at radius 1 is 0.857 bits per heavy atom.